The van der Waals surface area contributed by atoms with Gasteiger partial charge in [-0.1, -0.05) is 17.7 Å². The maximum Gasteiger partial charge on any atom is 0.231 e. The molecule has 1 aromatic heterocycles. The fraction of sp³-hybridized carbons (Fsp3) is 0.357. The van der Waals surface area contributed by atoms with Crippen molar-refractivity contribution in [2.45, 2.75) is 6.92 Å². The number of benzene rings is 1. The number of aromatic nitrogens is 3. The predicted molar refractivity (Wildman–Crippen MR) is 90.5 cm³/mol. The van der Waals surface area contributed by atoms with Gasteiger partial charge in [0.2, 0.25) is 16.5 Å². The van der Waals surface area contributed by atoms with Crippen molar-refractivity contribution in [1.82, 2.24) is 15.0 Å². The van der Waals surface area contributed by atoms with E-state index in [0.717, 1.165) is 31.2 Å². The van der Waals surface area contributed by atoms with Gasteiger partial charge in [0.05, 0.1) is 0 Å². The van der Waals surface area contributed by atoms with Crippen molar-refractivity contribution in [3.63, 3.8) is 0 Å². The second kappa shape index (κ2) is 6.44. The number of nitrogens with zero attached hydrogens (tertiary/aromatic N) is 5. The number of hydrogen-bond donors (Lipinski definition) is 0. The zero-order valence-corrected chi connectivity index (χ0v) is 14.2. The molecule has 0 amide bonds. The van der Waals surface area contributed by atoms with E-state index in [1.54, 1.807) is 0 Å². The Labute approximate surface area is 143 Å². The Balaban J connectivity index is 1.73. The van der Waals surface area contributed by atoms with Crippen LogP contribution in [0.1, 0.15) is 5.56 Å². The van der Waals surface area contributed by atoms with Crippen LogP contribution in [0.15, 0.2) is 18.2 Å². The SMILES string of the molecule is Cc1ccc(Cl)cc1N1CCN(c2nc(Cl)nc(Cl)n2)CC1. The summed E-state index contributed by atoms with van der Waals surface area (Å²) in [5, 5.41) is 0.977. The van der Waals surface area contributed by atoms with E-state index in [-0.39, 0.29) is 10.6 Å². The van der Waals surface area contributed by atoms with Crippen molar-refractivity contribution in [3.05, 3.63) is 39.4 Å². The van der Waals surface area contributed by atoms with E-state index in [1.165, 1.54) is 11.3 Å². The molecule has 1 fully saturated rings. The summed E-state index contributed by atoms with van der Waals surface area (Å²) >= 11 is 17.8. The van der Waals surface area contributed by atoms with E-state index < -0.39 is 0 Å². The number of aryl methyl sites for hydroxylation is 1. The van der Waals surface area contributed by atoms with Crippen LogP contribution in [0.3, 0.4) is 0 Å². The standard InChI is InChI=1S/C14H14Cl3N5/c1-9-2-3-10(15)8-11(9)21-4-6-22(7-5-21)14-19-12(16)18-13(17)20-14/h2-3,8H,4-7H2,1H3. The topological polar surface area (TPSA) is 45.2 Å². The van der Waals surface area contributed by atoms with Crippen molar-refractivity contribution >= 4 is 46.4 Å². The lowest BCUT2D eigenvalue weighted by Crippen LogP contribution is -2.47. The van der Waals surface area contributed by atoms with Crippen LogP contribution in [0.25, 0.3) is 0 Å². The van der Waals surface area contributed by atoms with Crippen LogP contribution in [-0.2, 0) is 0 Å². The highest BCUT2D eigenvalue weighted by Crippen LogP contribution is 2.26. The Morgan fingerprint density at radius 2 is 1.45 bits per heavy atom. The summed E-state index contributed by atoms with van der Waals surface area (Å²) in [5.41, 5.74) is 2.38. The summed E-state index contributed by atoms with van der Waals surface area (Å²) in [5.74, 6) is 0.521. The molecular formula is C14H14Cl3N5. The van der Waals surface area contributed by atoms with Gasteiger partial charge >= 0.3 is 0 Å². The Hall–Kier alpha value is -1.30. The van der Waals surface area contributed by atoms with Gasteiger partial charge in [0.1, 0.15) is 0 Å². The Bertz CT molecular complexity index is 666. The van der Waals surface area contributed by atoms with E-state index in [1.807, 2.05) is 18.2 Å². The average molecular weight is 359 g/mol. The van der Waals surface area contributed by atoms with E-state index in [2.05, 4.69) is 31.7 Å². The van der Waals surface area contributed by atoms with Gasteiger partial charge in [0.25, 0.3) is 0 Å². The molecule has 22 heavy (non-hydrogen) atoms. The van der Waals surface area contributed by atoms with Gasteiger partial charge in [0.15, 0.2) is 0 Å². The summed E-state index contributed by atoms with van der Waals surface area (Å²) in [6.45, 7) is 5.35. The van der Waals surface area contributed by atoms with Gasteiger partial charge in [-0.2, -0.15) is 15.0 Å². The monoisotopic (exact) mass is 357 g/mol. The second-order valence-corrected chi connectivity index (χ2v) is 6.19. The molecule has 0 N–H and O–H groups in total. The van der Waals surface area contributed by atoms with E-state index in [4.69, 9.17) is 34.8 Å². The van der Waals surface area contributed by atoms with Crippen LogP contribution in [0.2, 0.25) is 15.6 Å². The third-order valence-corrected chi connectivity index (χ3v) is 4.22. The van der Waals surface area contributed by atoms with Gasteiger partial charge in [-0.3, -0.25) is 0 Å². The first-order valence-electron chi connectivity index (χ1n) is 6.86. The molecule has 2 aromatic rings. The van der Waals surface area contributed by atoms with Crippen molar-refractivity contribution in [2.75, 3.05) is 36.0 Å². The molecular weight excluding hydrogens is 345 g/mol. The quantitative estimate of drug-likeness (QED) is 0.822. The Morgan fingerprint density at radius 1 is 0.864 bits per heavy atom. The normalized spacial score (nSPS) is 15.3. The van der Waals surface area contributed by atoms with Crippen LogP contribution in [0, 0.1) is 6.92 Å². The second-order valence-electron chi connectivity index (χ2n) is 5.08. The first kappa shape index (κ1) is 15.6. The number of halogens is 3. The molecule has 0 spiro atoms. The first-order valence-corrected chi connectivity index (χ1v) is 7.99. The Kier molecular flexibility index (Phi) is 4.57. The summed E-state index contributed by atoms with van der Waals surface area (Å²) in [7, 11) is 0. The van der Waals surface area contributed by atoms with Gasteiger partial charge < -0.3 is 9.80 Å². The molecule has 116 valence electrons. The van der Waals surface area contributed by atoms with Crippen LogP contribution in [-0.4, -0.2) is 41.1 Å². The van der Waals surface area contributed by atoms with Crippen LogP contribution >= 0.6 is 34.8 Å². The lowest BCUT2D eigenvalue weighted by atomic mass is 10.1. The summed E-state index contributed by atoms with van der Waals surface area (Å²) in [4.78, 5) is 16.4. The highest BCUT2D eigenvalue weighted by atomic mass is 35.5. The molecule has 0 saturated carbocycles. The van der Waals surface area contributed by atoms with Crippen LogP contribution < -0.4 is 9.80 Å². The molecule has 2 heterocycles. The number of piperazine rings is 1. The largest absolute Gasteiger partial charge is 0.368 e. The van der Waals surface area contributed by atoms with Crippen LogP contribution in [0.5, 0.6) is 0 Å². The van der Waals surface area contributed by atoms with E-state index >= 15 is 0 Å². The van der Waals surface area contributed by atoms with Crippen molar-refractivity contribution in [2.24, 2.45) is 0 Å². The van der Waals surface area contributed by atoms with Crippen LogP contribution in [0.4, 0.5) is 11.6 Å². The fourth-order valence-electron chi connectivity index (χ4n) is 2.53. The predicted octanol–water partition coefficient (Wildman–Crippen LogP) is 3.47. The minimum Gasteiger partial charge on any atom is -0.368 e. The minimum absolute atomic E-state index is 0.114. The molecule has 5 nitrogen and oxygen atoms in total. The molecule has 0 unspecified atom stereocenters. The molecule has 0 radical (unpaired) electrons. The maximum atomic E-state index is 6.10. The lowest BCUT2D eigenvalue weighted by Gasteiger charge is -2.36. The van der Waals surface area contributed by atoms with Gasteiger partial charge in [-0.15, -0.1) is 0 Å². The molecule has 3 rings (SSSR count). The van der Waals surface area contributed by atoms with Gasteiger partial charge in [-0.25, -0.2) is 0 Å². The molecule has 8 heteroatoms. The number of hydrogen-bond acceptors (Lipinski definition) is 5. The molecule has 1 aliphatic heterocycles. The third kappa shape index (κ3) is 3.37. The first-order chi connectivity index (χ1) is 10.5. The van der Waals surface area contributed by atoms with E-state index in [0.29, 0.717) is 5.95 Å². The molecule has 1 aliphatic rings. The van der Waals surface area contributed by atoms with Gasteiger partial charge in [0, 0.05) is 36.9 Å². The van der Waals surface area contributed by atoms with Crippen molar-refractivity contribution < 1.29 is 0 Å². The zero-order chi connectivity index (χ0) is 15.7. The molecule has 0 atom stereocenters. The smallest absolute Gasteiger partial charge is 0.231 e. The molecule has 1 aromatic carbocycles. The maximum absolute atomic E-state index is 6.10. The molecule has 1 saturated heterocycles. The third-order valence-electron chi connectivity index (χ3n) is 3.64. The Morgan fingerprint density at radius 3 is 2.09 bits per heavy atom. The molecule has 0 bridgehead atoms. The summed E-state index contributed by atoms with van der Waals surface area (Å²) < 4.78 is 0. The zero-order valence-electron chi connectivity index (χ0n) is 11.9. The number of rotatable bonds is 2. The molecule has 0 aliphatic carbocycles. The number of anilines is 2. The minimum atomic E-state index is 0.114. The van der Waals surface area contributed by atoms with E-state index in [9.17, 15) is 0 Å². The lowest BCUT2D eigenvalue weighted by molar-refractivity contribution is 0.637. The average Bonchev–Trinajstić information content (AvgIpc) is 2.49. The van der Waals surface area contributed by atoms with Gasteiger partial charge in [-0.05, 0) is 47.8 Å². The van der Waals surface area contributed by atoms with Crippen molar-refractivity contribution in [1.29, 1.82) is 0 Å². The highest BCUT2D eigenvalue weighted by Gasteiger charge is 2.21. The van der Waals surface area contributed by atoms with Crippen molar-refractivity contribution in [3.8, 4) is 0 Å². The fourth-order valence-corrected chi connectivity index (χ4v) is 3.05. The highest BCUT2D eigenvalue weighted by molar-refractivity contribution is 6.31. The summed E-state index contributed by atoms with van der Waals surface area (Å²) in [6, 6.07) is 5.95. The summed E-state index contributed by atoms with van der Waals surface area (Å²) in [6.07, 6.45) is 0.